The summed E-state index contributed by atoms with van der Waals surface area (Å²) < 4.78 is 10.8. The zero-order valence-corrected chi connectivity index (χ0v) is 11.5. The second-order valence-corrected chi connectivity index (χ2v) is 5.68. The maximum absolute atomic E-state index is 5.59. The number of furan rings is 1. The van der Waals surface area contributed by atoms with E-state index in [1.54, 1.807) is 6.26 Å². The smallest absolute Gasteiger partial charge is 0.129 e. The van der Waals surface area contributed by atoms with Gasteiger partial charge in [-0.05, 0) is 56.9 Å². The molecule has 0 aromatic carbocycles. The maximum atomic E-state index is 5.59. The number of nitrogens with zero attached hydrogens (tertiary/aromatic N) is 1. The van der Waals surface area contributed by atoms with E-state index in [1.165, 1.54) is 32.5 Å². The molecule has 4 heteroatoms. The number of nitrogens with one attached hydrogen (secondary N) is 1. The summed E-state index contributed by atoms with van der Waals surface area (Å²) in [7, 11) is 0. The molecule has 2 saturated heterocycles. The third-order valence-corrected chi connectivity index (χ3v) is 4.33. The van der Waals surface area contributed by atoms with Gasteiger partial charge in [0.25, 0.3) is 0 Å². The first-order chi connectivity index (χ1) is 9.42. The first-order valence-corrected chi connectivity index (χ1v) is 7.48. The zero-order chi connectivity index (χ0) is 12.9. The molecule has 0 saturated carbocycles. The number of ether oxygens (including phenoxy) is 1. The summed E-state index contributed by atoms with van der Waals surface area (Å²) in [6.07, 6.45) is 5.46. The van der Waals surface area contributed by atoms with Crippen LogP contribution in [-0.2, 0) is 11.3 Å². The number of rotatable bonds is 7. The highest BCUT2D eigenvalue weighted by atomic mass is 16.5. The summed E-state index contributed by atoms with van der Waals surface area (Å²) in [5.41, 5.74) is 0. The highest BCUT2D eigenvalue weighted by Crippen LogP contribution is 2.26. The topological polar surface area (TPSA) is 37.6 Å². The average Bonchev–Trinajstić information content (AvgIpc) is 3.06. The standard InChI is InChI=1S/C15H24N2O2/c1-3-14(19-10-1)12-18-9-2-6-16-15-5-8-17-7-4-13(15)11-17/h1,3,10,13,15-16H,2,4-9,11-12H2. The lowest BCUT2D eigenvalue weighted by Crippen LogP contribution is -2.44. The Morgan fingerprint density at radius 2 is 2.32 bits per heavy atom. The van der Waals surface area contributed by atoms with E-state index in [2.05, 4.69) is 10.2 Å². The van der Waals surface area contributed by atoms with Crippen molar-refractivity contribution >= 4 is 0 Å². The highest BCUT2D eigenvalue weighted by Gasteiger charge is 2.33. The van der Waals surface area contributed by atoms with Gasteiger partial charge in [0.2, 0.25) is 0 Å². The summed E-state index contributed by atoms with van der Waals surface area (Å²) >= 11 is 0. The lowest BCUT2D eigenvalue weighted by Gasteiger charge is -2.31. The van der Waals surface area contributed by atoms with E-state index in [0.29, 0.717) is 6.61 Å². The molecule has 106 valence electrons. The van der Waals surface area contributed by atoms with Crippen LogP contribution in [0.15, 0.2) is 22.8 Å². The molecule has 0 aliphatic carbocycles. The fourth-order valence-electron chi connectivity index (χ4n) is 3.25. The van der Waals surface area contributed by atoms with Gasteiger partial charge >= 0.3 is 0 Å². The monoisotopic (exact) mass is 264 g/mol. The van der Waals surface area contributed by atoms with Crippen molar-refractivity contribution in [1.82, 2.24) is 10.2 Å². The predicted octanol–water partition coefficient (Wildman–Crippen LogP) is 1.87. The maximum Gasteiger partial charge on any atom is 0.129 e. The molecule has 3 heterocycles. The molecular weight excluding hydrogens is 240 g/mol. The van der Waals surface area contributed by atoms with E-state index in [0.717, 1.165) is 37.3 Å². The van der Waals surface area contributed by atoms with Crippen LogP contribution in [0.1, 0.15) is 25.0 Å². The number of hydrogen-bond acceptors (Lipinski definition) is 4. The van der Waals surface area contributed by atoms with Gasteiger partial charge in [0.15, 0.2) is 0 Å². The Morgan fingerprint density at radius 3 is 3.21 bits per heavy atom. The van der Waals surface area contributed by atoms with Crippen molar-refractivity contribution in [2.75, 3.05) is 32.8 Å². The van der Waals surface area contributed by atoms with Crippen LogP contribution in [0, 0.1) is 5.92 Å². The van der Waals surface area contributed by atoms with Gasteiger partial charge in [0.05, 0.1) is 6.26 Å². The summed E-state index contributed by atoms with van der Waals surface area (Å²) in [5, 5.41) is 3.71. The highest BCUT2D eigenvalue weighted by molar-refractivity contribution is 4.96. The average molecular weight is 264 g/mol. The normalized spacial score (nSPS) is 29.8. The van der Waals surface area contributed by atoms with Crippen molar-refractivity contribution in [2.24, 2.45) is 5.92 Å². The van der Waals surface area contributed by atoms with Crippen molar-refractivity contribution in [3.05, 3.63) is 24.2 Å². The summed E-state index contributed by atoms with van der Waals surface area (Å²) in [4.78, 5) is 2.59. The molecule has 2 aliphatic rings. The molecule has 1 aromatic heterocycles. The van der Waals surface area contributed by atoms with Crippen molar-refractivity contribution < 1.29 is 9.15 Å². The van der Waals surface area contributed by atoms with E-state index in [1.807, 2.05) is 12.1 Å². The van der Waals surface area contributed by atoms with Crippen LogP contribution in [0.25, 0.3) is 0 Å². The van der Waals surface area contributed by atoms with Gasteiger partial charge in [-0.2, -0.15) is 0 Å². The second-order valence-electron chi connectivity index (χ2n) is 5.68. The first-order valence-electron chi connectivity index (χ1n) is 7.48. The van der Waals surface area contributed by atoms with Crippen LogP contribution in [0.2, 0.25) is 0 Å². The van der Waals surface area contributed by atoms with Crippen LogP contribution in [0.5, 0.6) is 0 Å². The van der Waals surface area contributed by atoms with Crippen molar-refractivity contribution in [2.45, 2.75) is 31.9 Å². The second kappa shape index (κ2) is 6.55. The number of piperidine rings is 1. The van der Waals surface area contributed by atoms with Gasteiger partial charge in [-0.3, -0.25) is 0 Å². The van der Waals surface area contributed by atoms with Crippen molar-refractivity contribution in [3.63, 3.8) is 0 Å². The van der Waals surface area contributed by atoms with Crippen LogP contribution >= 0.6 is 0 Å². The van der Waals surface area contributed by atoms with Gasteiger partial charge in [0.1, 0.15) is 12.4 Å². The Hall–Kier alpha value is -0.840. The third-order valence-electron chi connectivity index (χ3n) is 4.33. The largest absolute Gasteiger partial charge is 0.467 e. The van der Waals surface area contributed by atoms with Crippen LogP contribution < -0.4 is 5.32 Å². The van der Waals surface area contributed by atoms with Gasteiger partial charge in [-0.15, -0.1) is 0 Å². The van der Waals surface area contributed by atoms with Crippen molar-refractivity contribution in [3.8, 4) is 0 Å². The quantitative estimate of drug-likeness (QED) is 0.763. The fourth-order valence-corrected chi connectivity index (χ4v) is 3.25. The molecule has 2 fully saturated rings. The number of fused-ring (bicyclic) bond motifs is 2. The molecule has 19 heavy (non-hydrogen) atoms. The van der Waals surface area contributed by atoms with E-state index in [-0.39, 0.29) is 0 Å². The molecule has 3 atom stereocenters. The van der Waals surface area contributed by atoms with Gasteiger partial charge in [0, 0.05) is 19.2 Å². The molecule has 2 bridgehead atoms. The summed E-state index contributed by atoms with van der Waals surface area (Å²) in [6, 6.07) is 4.59. The Balaban J connectivity index is 1.25. The number of hydrogen-bond donors (Lipinski definition) is 1. The van der Waals surface area contributed by atoms with Crippen molar-refractivity contribution in [1.29, 1.82) is 0 Å². The molecule has 0 radical (unpaired) electrons. The van der Waals surface area contributed by atoms with Crippen LogP contribution in [0.4, 0.5) is 0 Å². The molecule has 0 spiro atoms. The Bertz CT molecular complexity index is 366. The predicted molar refractivity (Wildman–Crippen MR) is 73.9 cm³/mol. The first kappa shape index (κ1) is 13.2. The van der Waals surface area contributed by atoms with E-state index < -0.39 is 0 Å². The third kappa shape index (κ3) is 3.59. The molecule has 3 rings (SSSR count). The van der Waals surface area contributed by atoms with E-state index in [4.69, 9.17) is 9.15 Å². The fraction of sp³-hybridized carbons (Fsp3) is 0.733. The van der Waals surface area contributed by atoms with Gasteiger partial charge in [-0.25, -0.2) is 0 Å². The van der Waals surface area contributed by atoms with E-state index in [9.17, 15) is 0 Å². The zero-order valence-electron chi connectivity index (χ0n) is 11.5. The van der Waals surface area contributed by atoms with Gasteiger partial charge in [-0.1, -0.05) is 0 Å². The summed E-state index contributed by atoms with van der Waals surface area (Å²) in [5.74, 6) is 1.80. The van der Waals surface area contributed by atoms with E-state index >= 15 is 0 Å². The van der Waals surface area contributed by atoms with Crippen LogP contribution in [0.3, 0.4) is 0 Å². The Morgan fingerprint density at radius 1 is 1.37 bits per heavy atom. The molecule has 1 aromatic rings. The van der Waals surface area contributed by atoms with Crippen LogP contribution in [-0.4, -0.2) is 43.7 Å². The molecule has 0 amide bonds. The minimum Gasteiger partial charge on any atom is -0.467 e. The summed E-state index contributed by atoms with van der Waals surface area (Å²) in [6.45, 7) is 6.37. The molecular formula is C15H24N2O2. The molecule has 3 unspecified atom stereocenters. The lowest BCUT2D eigenvalue weighted by molar-refractivity contribution is 0.102. The molecule has 4 nitrogen and oxygen atoms in total. The molecule has 2 aliphatic heterocycles. The molecule has 1 N–H and O–H groups in total. The minimum atomic E-state index is 0.591. The Labute approximate surface area is 115 Å². The lowest BCUT2D eigenvalue weighted by atomic mass is 9.94. The van der Waals surface area contributed by atoms with Gasteiger partial charge < -0.3 is 19.4 Å². The SMILES string of the molecule is c1coc(COCCCNC2CCN3CCC2C3)c1. The Kier molecular flexibility index (Phi) is 4.53. The minimum absolute atomic E-state index is 0.591.